The highest BCUT2D eigenvalue weighted by Crippen LogP contribution is 2.28. The van der Waals surface area contributed by atoms with E-state index in [1.54, 1.807) is 12.3 Å². The van der Waals surface area contributed by atoms with Crippen molar-refractivity contribution in [3.8, 4) is 12.3 Å². The molecule has 2 N–H and O–H groups in total. The van der Waals surface area contributed by atoms with Crippen LogP contribution < -0.4 is 10.6 Å². The fraction of sp³-hybridized carbons (Fsp3) is 0.300. The van der Waals surface area contributed by atoms with E-state index < -0.39 is 0 Å². The second-order valence-electron chi connectivity index (χ2n) is 6.08. The molecule has 122 valence electrons. The number of nitrogens with one attached hydrogen (secondary N) is 2. The molecule has 0 unspecified atom stereocenters. The van der Waals surface area contributed by atoms with E-state index in [1.165, 1.54) is 24.0 Å². The van der Waals surface area contributed by atoms with Gasteiger partial charge in [-0.15, -0.1) is 6.42 Å². The number of terminal acetylenes is 1. The smallest absolute Gasteiger partial charge is 0.253 e. The maximum Gasteiger partial charge on any atom is 0.253 e. The molecule has 1 amide bonds. The van der Waals surface area contributed by atoms with Gasteiger partial charge in [0, 0.05) is 12.7 Å². The van der Waals surface area contributed by atoms with Crippen molar-refractivity contribution in [3.05, 3.63) is 59.3 Å². The number of amides is 1. The molecule has 0 bridgehead atoms. The third kappa shape index (κ3) is 3.94. The summed E-state index contributed by atoms with van der Waals surface area (Å²) in [5.41, 5.74) is 3.49. The topological polar surface area (TPSA) is 54.0 Å². The lowest BCUT2D eigenvalue weighted by Crippen LogP contribution is -2.23. The summed E-state index contributed by atoms with van der Waals surface area (Å²) in [6.45, 7) is 1.11. The highest BCUT2D eigenvalue weighted by atomic mass is 16.1. The van der Waals surface area contributed by atoms with Crippen LogP contribution in [0.15, 0.2) is 42.6 Å². The monoisotopic (exact) mass is 319 g/mol. The Balaban J connectivity index is 1.45. The van der Waals surface area contributed by atoms with E-state index in [-0.39, 0.29) is 12.5 Å². The largest absolute Gasteiger partial charge is 0.370 e. The molecule has 4 nitrogen and oxygen atoms in total. The van der Waals surface area contributed by atoms with Crippen LogP contribution in [0.5, 0.6) is 0 Å². The molecule has 0 aliphatic heterocycles. The SMILES string of the molecule is C#CCNC(=O)c1ccc(NCCC2Cc3ccccc3C2)nc1. The zero-order chi connectivity index (χ0) is 16.8. The van der Waals surface area contributed by atoms with E-state index >= 15 is 0 Å². The van der Waals surface area contributed by atoms with Crippen LogP contribution in [0.2, 0.25) is 0 Å². The van der Waals surface area contributed by atoms with Crippen molar-refractivity contribution in [1.29, 1.82) is 0 Å². The quantitative estimate of drug-likeness (QED) is 0.805. The fourth-order valence-electron chi connectivity index (χ4n) is 3.12. The van der Waals surface area contributed by atoms with Crippen molar-refractivity contribution < 1.29 is 4.79 Å². The Kier molecular flexibility index (Phi) is 5.12. The minimum absolute atomic E-state index is 0.198. The van der Waals surface area contributed by atoms with Gasteiger partial charge >= 0.3 is 0 Å². The molecule has 0 saturated carbocycles. The van der Waals surface area contributed by atoms with E-state index in [0.717, 1.165) is 18.8 Å². The Morgan fingerprint density at radius 3 is 2.58 bits per heavy atom. The average molecular weight is 319 g/mol. The molecule has 1 aromatic carbocycles. The van der Waals surface area contributed by atoms with Gasteiger partial charge in [-0.3, -0.25) is 4.79 Å². The Morgan fingerprint density at radius 1 is 1.21 bits per heavy atom. The number of rotatable bonds is 6. The van der Waals surface area contributed by atoms with Gasteiger partial charge in [0.05, 0.1) is 12.1 Å². The number of benzene rings is 1. The molecule has 1 aliphatic carbocycles. The minimum atomic E-state index is -0.198. The van der Waals surface area contributed by atoms with Crippen molar-refractivity contribution >= 4 is 11.7 Å². The van der Waals surface area contributed by atoms with Crippen molar-refractivity contribution in [1.82, 2.24) is 10.3 Å². The second kappa shape index (κ2) is 7.65. The number of anilines is 1. The van der Waals surface area contributed by atoms with Gasteiger partial charge in [0.1, 0.15) is 5.82 Å². The van der Waals surface area contributed by atoms with Gasteiger partial charge in [0.25, 0.3) is 5.91 Å². The van der Waals surface area contributed by atoms with E-state index in [9.17, 15) is 4.79 Å². The normalized spacial score (nSPS) is 13.1. The molecular weight excluding hydrogens is 298 g/mol. The third-order valence-electron chi connectivity index (χ3n) is 4.37. The molecular formula is C20H21N3O. The lowest BCUT2D eigenvalue weighted by atomic mass is 10.0. The number of hydrogen-bond donors (Lipinski definition) is 2. The minimum Gasteiger partial charge on any atom is -0.370 e. The number of carbonyl (C=O) groups excluding carboxylic acids is 1. The van der Waals surface area contributed by atoms with E-state index in [1.807, 2.05) is 6.07 Å². The zero-order valence-electron chi connectivity index (χ0n) is 13.6. The lowest BCUT2D eigenvalue weighted by Gasteiger charge is -2.10. The van der Waals surface area contributed by atoms with Gasteiger partial charge < -0.3 is 10.6 Å². The average Bonchev–Trinajstić information content (AvgIpc) is 3.03. The van der Waals surface area contributed by atoms with Gasteiger partial charge in [-0.25, -0.2) is 4.98 Å². The van der Waals surface area contributed by atoms with Crippen LogP contribution in [0, 0.1) is 18.3 Å². The number of fused-ring (bicyclic) bond motifs is 1. The summed E-state index contributed by atoms with van der Waals surface area (Å²) >= 11 is 0. The highest BCUT2D eigenvalue weighted by molar-refractivity contribution is 5.94. The Bertz CT molecular complexity index is 721. The van der Waals surface area contributed by atoms with Gasteiger partial charge in [0.2, 0.25) is 0 Å². The Morgan fingerprint density at radius 2 is 1.96 bits per heavy atom. The molecule has 0 fully saturated rings. The molecule has 0 spiro atoms. The molecule has 0 atom stereocenters. The number of carbonyl (C=O) groups is 1. The zero-order valence-corrected chi connectivity index (χ0v) is 13.6. The second-order valence-corrected chi connectivity index (χ2v) is 6.08. The van der Waals surface area contributed by atoms with Crippen LogP contribution in [0.25, 0.3) is 0 Å². The van der Waals surface area contributed by atoms with Gasteiger partial charge in [0.15, 0.2) is 0 Å². The fourth-order valence-corrected chi connectivity index (χ4v) is 3.12. The standard InChI is InChI=1S/C20H21N3O/c1-2-10-22-20(24)18-7-8-19(23-14-18)21-11-9-15-12-16-5-3-4-6-17(16)13-15/h1,3-8,14-15H,9-13H2,(H,21,23)(H,22,24). The van der Waals surface area contributed by atoms with Crippen LogP contribution >= 0.6 is 0 Å². The number of hydrogen-bond acceptors (Lipinski definition) is 3. The first-order chi connectivity index (χ1) is 11.8. The van der Waals surface area contributed by atoms with Crippen LogP contribution in [0.1, 0.15) is 27.9 Å². The van der Waals surface area contributed by atoms with Crippen LogP contribution in [-0.4, -0.2) is 24.0 Å². The van der Waals surface area contributed by atoms with E-state index in [2.05, 4.69) is 45.8 Å². The molecule has 3 rings (SSSR count). The summed E-state index contributed by atoms with van der Waals surface area (Å²) in [6.07, 6.45) is 10.1. The molecule has 1 aliphatic rings. The molecule has 1 heterocycles. The highest BCUT2D eigenvalue weighted by Gasteiger charge is 2.20. The predicted octanol–water partition coefficient (Wildman–Crippen LogP) is 2.66. The van der Waals surface area contributed by atoms with Crippen molar-refractivity contribution in [2.24, 2.45) is 5.92 Å². The summed E-state index contributed by atoms with van der Waals surface area (Å²) in [6, 6.07) is 12.3. The maximum atomic E-state index is 11.7. The van der Waals surface area contributed by atoms with Crippen molar-refractivity contribution in [2.75, 3.05) is 18.4 Å². The van der Waals surface area contributed by atoms with Crippen LogP contribution in [0.4, 0.5) is 5.82 Å². The Hall–Kier alpha value is -2.80. The van der Waals surface area contributed by atoms with Crippen LogP contribution in [-0.2, 0) is 12.8 Å². The first kappa shape index (κ1) is 16.1. The van der Waals surface area contributed by atoms with Crippen molar-refractivity contribution in [2.45, 2.75) is 19.3 Å². The molecule has 24 heavy (non-hydrogen) atoms. The summed E-state index contributed by atoms with van der Waals surface area (Å²) in [5.74, 6) is 3.67. The lowest BCUT2D eigenvalue weighted by molar-refractivity contribution is 0.0958. The molecule has 1 aromatic heterocycles. The van der Waals surface area contributed by atoms with E-state index in [4.69, 9.17) is 6.42 Å². The predicted molar refractivity (Wildman–Crippen MR) is 95.8 cm³/mol. The van der Waals surface area contributed by atoms with Gasteiger partial charge in [-0.2, -0.15) is 0 Å². The summed E-state index contributed by atoms with van der Waals surface area (Å²) in [4.78, 5) is 16.0. The first-order valence-corrected chi connectivity index (χ1v) is 8.24. The molecule has 2 aromatic rings. The summed E-state index contributed by atoms with van der Waals surface area (Å²) < 4.78 is 0. The summed E-state index contributed by atoms with van der Waals surface area (Å²) in [5, 5.41) is 5.95. The molecule has 0 saturated heterocycles. The van der Waals surface area contributed by atoms with E-state index in [0.29, 0.717) is 11.5 Å². The molecule has 0 radical (unpaired) electrons. The van der Waals surface area contributed by atoms with Crippen LogP contribution in [0.3, 0.4) is 0 Å². The third-order valence-corrected chi connectivity index (χ3v) is 4.37. The first-order valence-electron chi connectivity index (χ1n) is 8.24. The summed E-state index contributed by atoms with van der Waals surface area (Å²) in [7, 11) is 0. The number of pyridine rings is 1. The van der Waals surface area contributed by atoms with Gasteiger partial charge in [-0.05, 0) is 48.4 Å². The van der Waals surface area contributed by atoms with Crippen molar-refractivity contribution in [3.63, 3.8) is 0 Å². The number of nitrogens with zero attached hydrogens (tertiary/aromatic N) is 1. The van der Waals surface area contributed by atoms with Gasteiger partial charge in [-0.1, -0.05) is 30.2 Å². The Labute approximate surface area is 142 Å². The molecule has 4 heteroatoms. The maximum absolute atomic E-state index is 11.7. The number of aromatic nitrogens is 1.